The first-order valence-electron chi connectivity index (χ1n) is 15.7. The molecule has 0 radical (unpaired) electrons. The third-order valence-corrected chi connectivity index (χ3v) is 8.78. The maximum Gasteiger partial charge on any atom is 0.139 e. The van der Waals surface area contributed by atoms with Gasteiger partial charge in [0.2, 0.25) is 0 Å². The summed E-state index contributed by atoms with van der Waals surface area (Å²) in [5.74, 6) is 2.45. The summed E-state index contributed by atoms with van der Waals surface area (Å²) in [7, 11) is 0. The van der Waals surface area contributed by atoms with Gasteiger partial charge in [-0.15, -0.1) is 0 Å². The SMILES string of the molecule is Clc1cc2c(OCc3ccccc3)c3c(OCc4ccccc4)ccc(OCc4ccccc4)c3c(OCc3ccccc3)c2cc1Cl. The van der Waals surface area contributed by atoms with Gasteiger partial charge in [0.25, 0.3) is 0 Å². The normalized spacial score (nSPS) is 11.0. The topological polar surface area (TPSA) is 36.9 Å². The number of rotatable bonds is 12. The molecule has 0 aromatic heterocycles. The summed E-state index contributed by atoms with van der Waals surface area (Å²) in [6.45, 7) is 1.36. The molecule has 7 aromatic rings. The van der Waals surface area contributed by atoms with E-state index in [1.807, 2.05) is 146 Å². The van der Waals surface area contributed by atoms with Crippen molar-refractivity contribution in [1.82, 2.24) is 0 Å². The lowest BCUT2D eigenvalue weighted by Gasteiger charge is -2.22. The largest absolute Gasteiger partial charge is 0.488 e. The van der Waals surface area contributed by atoms with Crippen LogP contribution in [0.1, 0.15) is 22.3 Å². The predicted molar refractivity (Wildman–Crippen MR) is 195 cm³/mol. The number of fused-ring (bicyclic) bond motifs is 2. The molecule has 0 aliphatic carbocycles. The van der Waals surface area contributed by atoms with E-state index in [0.29, 0.717) is 59.5 Å². The fourth-order valence-electron chi connectivity index (χ4n) is 5.68. The molecule has 7 aromatic carbocycles. The second-order valence-electron chi connectivity index (χ2n) is 11.4. The van der Waals surface area contributed by atoms with Gasteiger partial charge in [0.1, 0.15) is 49.4 Å². The van der Waals surface area contributed by atoms with E-state index in [-0.39, 0.29) is 0 Å². The molecule has 0 saturated carbocycles. The number of ether oxygens (including phenoxy) is 4. The minimum Gasteiger partial charge on any atom is -0.488 e. The highest BCUT2D eigenvalue weighted by molar-refractivity contribution is 6.43. The Morgan fingerprint density at radius 1 is 0.354 bits per heavy atom. The first-order chi connectivity index (χ1) is 23.6. The predicted octanol–water partition coefficient (Wildman–Crippen LogP) is 11.6. The molecule has 0 unspecified atom stereocenters. The van der Waals surface area contributed by atoms with Crippen molar-refractivity contribution in [2.45, 2.75) is 26.4 Å². The van der Waals surface area contributed by atoms with E-state index in [2.05, 4.69) is 0 Å². The van der Waals surface area contributed by atoms with Gasteiger partial charge < -0.3 is 18.9 Å². The van der Waals surface area contributed by atoms with Crippen LogP contribution in [0.25, 0.3) is 21.5 Å². The van der Waals surface area contributed by atoms with Crippen molar-refractivity contribution in [2.75, 3.05) is 0 Å². The number of hydrogen-bond acceptors (Lipinski definition) is 4. The van der Waals surface area contributed by atoms with Crippen LogP contribution >= 0.6 is 23.2 Å². The molecule has 0 saturated heterocycles. The number of hydrogen-bond donors (Lipinski definition) is 0. The quantitative estimate of drug-likeness (QED) is 0.121. The molecular formula is C42H32Cl2O4. The van der Waals surface area contributed by atoms with E-state index in [4.69, 9.17) is 42.1 Å². The molecule has 7 rings (SSSR count). The first kappa shape index (κ1) is 31.4. The van der Waals surface area contributed by atoms with Crippen LogP contribution in [0.5, 0.6) is 23.0 Å². The van der Waals surface area contributed by atoms with Gasteiger partial charge in [0, 0.05) is 10.8 Å². The molecule has 0 aliphatic rings. The summed E-state index contributed by atoms with van der Waals surface area (Å²) in [4.78, 5) is 0. The van der Waals surface area contributed by atoms with Crippen LogP contribution in [-0.2, 0) is 26.4 Å². The summed E-state index contributed by atoms with van der Waals surface area (Å²) in [6.07, 6.45) is 0. The Hall–Kier alpha value is -5.16. The van der Waals surface area contributed by atoms with E-state index in [9.17, 15) is 0 Å². The maximum absolute atomic E-state index is 6.75. The fraction of sp³-hybridized carbons (Fsp3) is 0.0952. The van der Waals surface area contributed by atoms with Gasteiger partial charge in [-0.25, -0.2) is 0 Å². The minimum absolute atomic E-state index is 0.322. The van der Waals surface area contributed by atoms with Crippen LogP contribution in [0.2, 0.25) is 10.0 Å². The Kier molecular flexibility index (Phi) is 9.65. The Bertz CT molecular complexity index is 1980. The molecule has 0 spiro atoms. The maximum atomic E-state index is 6.75. The van der Waals surface area contributed by atoms with Gasteiger partial charge in [-0.05, 0) is 46.5 Å². The second-order valence-corrected chi connectivity index (χ2v) is 12.2. The minimum atomic E-state index is 0.322. The van der Waals surface area contributed by atoms with Gasteiger partial charge >= 0.3 is 0 Å². The third-order valence-electron chi connectivity index (χ3n) is 8.06. The monoisotopic (exact) mass is 670 g/mol. The zero-order valence-electron chi connectivity index (χ0n) is 26.1. The molecule has 238 valence electrons. The van der Waals surface area contributed by atoms with Gasteiger partial charge in [-0.2, -0.15) is 0 Å². The molecule has 0 atom stereocenters. The zero-order chi connectivity index (χ0) is 32.7. The lowest BCUT2D eigenvalue weighted by Crippen LogP contribution is -2.04. The van der Waals surface area contributed by atoms with Crippen LogP contribution in [0.4, 0.5) is 0 Å². The Labute approximate surface area is 290 Å². The van der Waals surface area contributed by atoms with Gasteiger partial charge in [-0.1, -0.05) is 145 Å². The highest BCUT2D eigenvalue weighted by atomic mass is 35.5. The standard InChI is InChI=1S/C42H32Cl2O4/c43-35-23-33-34(24-36(35)44)42(48-28-32-19-11-4-12-20-32)40-38(46-26-30-15-7-2-8-16-30)22-21-37(45-25-29-13-5-1-6-14-29)39(40)41(33)47-27-31-17-9-3-10-18-31/h1-24H,25-28H2. The van der Waals surface area contributed by atoms with Crippen LogP contribution < -0.4 is 18.9 Å². The Morgan fingerprint density at radius 3 is 0.958 bits per heavy atom. The summed E-state index contributed by atoms with van der Waals surface area (Å²) in [6, 6.07) is 47.8. The molecule has 4 nitrogen and oxygen atoms in total. The summed E-state index contributed by atoms with van der Waals surface area (Å²) in [5.41, 5.74) is 4.12. The molecule has 0 amide bonds. The van der Waals surface area contributed by atoms with E-state index in [1.54, 1.807) is 0 Å². The van der Waals surface area contributed by atoms with E-state index in [0.717, 1.165) is 43.8 Å². The van der Waals surface area contributed by atoms with Gasteiger partial charge in [0.05, 0.1) is 20.8 Å². The van der Waals surface area contributed by atoms with Gasteiger partial charge in [0.15, 0.2) is 0 Å². The molecule has 48 heavy (non-hydrogen) atoms. The fourth-order valence-corrected chi connectivity index (χ4v) is 6.01. The lowest BCUT2D eigenvalue weighted by molar-refractivity contribution is 0.291. The average Bonchev–Trinajstić information content (AvgIpc) is 3.14. The van der Waals surface area contributed by atoms with Gasteiger partial charge in [-0.3, -0.25) is 0 Å². The van der Waals surface area contributed by atoms with Crippen molar-refractivity contribution in [3.05, 3.63) is 178 Å². The molecule has 0 N–H and O–H groups in total. The molecule has 0 heterocycles. The number of halogens is 2. The van der Waals surface area contributed by atoms with Crippen molar-refractivity contribution in [3.63, 3.8) is 0 Å². The summed E-state index contributed by atoms with van der Waals surface area (Å²) in [5, 5.41) is 3.76. The molecular weight excluding hydrogens is 639 g/mol. The molecule has 6 heteroatoms. The Morgan fingerprint density at radius 2 is 0.646 bits per heavy atom. The van der Waals surface area contributed by atoms with Crippen molar-refractivity contribution in [3.8, 4) is 23.0 Å². The summed E-state index contributed by atoms with van der Waals surface area (Å²) < 4.78 is 26.7. The molecule has 0 bridgehead atoms. The van der Waals surface area contributed by atoms with Crippen molar-refractivity contribution >= 4 is 44.7 Å². The van der Waals surface area contributed by atoms with E-state index >= 15 is 0 Å². The highest BCUT2D eigenvalue weighted by Gasteiger charge is 2.25. The van der Waals surface area contributed by atoms with Crippen LogP contribution in [0, 0.1) is 0 Å². The summed E-state index contributed by atoms with van der Waals surface area (Å²) >= 11 is 13.4. The number of benzene rings is 7. The molecule has 0 fully saturated rings. The van der Waals surface area contributed by atoms with Crippen molar-refractivity contribution < 1.29 is 18.9 Å². The first-order valence-corrected chi connectivity index (χ1v) is 16.5. The van der Waals surface area contributed by atoms with Crippen LogP contribution in [0.15, 0.2) is 146 Å². The average molecular weight is 672 g/mol. The van der Waals surface area contributed by atoms with E-state index < -0.39 is 0 Å². The highest BCUT2D eigenvalue weighted by Crippen LogP contribution is 2.52. The second kappa shape index (κ2) is 14.7. The zero-order valence-corrected chi connectivity index (χ0v) is 27.6. The van der Waals surface area contributed by atoms with Crippen LogP contribution in [0.3, 0.4) is 0 Å². The Balaban J connectivity index is 1.46. The lowest BCUT2D eigenvalue weighted by atomic mass is 9.98. The molecule has 0 aliphatic heterocycles. The van der Waals surface area contributed by atoms with Crippen LogP contribution in [-0.4, -0.2) is 0 Å². The van der Waals surface area contributed by atoms with Crippen molar-refractivity contribution in [1.29, 1.82) is 0 Å². The smallest absolute Gasteiger partial charge is 0.139 e. The van der Waals surface area contributed by atoms with Crippen molar-refractivity contribution in [2.24, 2.45) is 0 Å². The third kappa shape index (κ3) is 7.06. The van der Waals surface area contributed by atoms with E-state index in [1.165, 1.54) is 0 Å².